The van der Waals surface area contributed by atoms with Gasteiger partial charge in [0.25, 0.3) is 0 Å². The molecular formula is C15H30INO3S. The van der Waals surface area contributed by atoms with Gasteiger partial charge in [-0.15, -0.1) is 0 Å². The number of ether oxygens (including phenoxy) is 1. The lowest BCUT2D eigenvalue weighted by atomic mass is 9.85. The molecule has 0 aromatic heterocycles. The van der Waals surface area contributed by atoms with Crippen LogP contribution in [0.1, 0.15) is 61.3 Å². The fourth-order valence-corrected chi connectivity index (χ4v) is 2.33. The van der Waals surface area contributed by atoms with E-state index in [-0.39, 0.29) is 22.7 Å². The monoisotopic (exact) mass is 431 g/mol. The minimum absolute atomic E-state index is 0.107. The Hall–Kier alpha value is 0.470. The van der Waals surface area contributed by atoms with Crippen molar-refractivity contribution in [3.05, 3.63) is 0 Å². The Morgan fingerprint density at radius 3 is 2.05 bits per heavy atom. The average molecular weight is 431 g/mol. The van der Waals surface area contributed by atoms with Crippen LogP contribution in [0.4, 0.5) is 4.79 Å². The zero-order valence-corrected chi connectivity index (χ0v) is 17.3. The normalized spacial score (nSPS) is 14.9. The van der Waals surface area contributed by atoms with Gasteiger partial charge >= 0.3 is 5.30 Å². The molecule has 6 heteroatoms. The number of alkyl halides is 1. The van der Waals surface area contributed by atoms with Crippen molar-refractivity contribution in [2.75, 3.05) is 4.43 Å². The highest BCUT2D eigenvalue weighted by atomic mass is 127. The van der Waals surface area contributed by atoms with Crippen LogP contribution in [0, 0.1) is 5.41 Å². The number of nitrogens with one attached hydrogen (secondary N) is 1. The van der Waals surface area contributed by atoms with Crippen molar-refractivity contribution < 1.29 is 14.4 Å². The summed E-state index contributed by atoms with van der Waals surface area (Å²) in [5.41, 5.74) is 2.62. The molecule has 126 valence electrons. The van der Waals surface area contributed by atoms with E-state index in [4.69, 9.17) is 9.57 Å². The molecule has 0 aliphatic rings. The van der Waals surface area contributed by atoms with Gasteiger partial charge in [0.05, 0.1) is 5.60 Å². The van der Waals surface area contributed by atoms with Crippen molar-refractivity contribution in [3.8, 4) is 0 Å². The summed E-state index contributed by atoms with van der Waals surface area (Å²) in [4.78, 5) is 16.9. The molecule has 0 aliphatic carbocycles. The molecule has 0 amide bonds. The minimum atomic E-state index is -0.531. The maximum atomic E-state index is 11.2. The largest absolute Gasteiger partial charge is 0.454 e. The fraction of sp³-hybridized carbons (Fsp3) is 0.933. The Balaban J connectivity index is 4.74. The fourth-order valence-electron chi connectivity index (χ4n) is 1.87. The quantitative estimate of drug-likeness (QED) is 0.191. The number of halogens is 1. The molecule has 1 atom stereocenters. The van der Waals surface area contributed by atoms with Gasteiger partial charge in [0.1, 0.15) is 6.10 Å². The number of thiol groups is 1. The van der Waals surface area contributed by atoms with Gasteiger partial charge in [0.15, 0.2) is 0 Å². The lowest BCUT2D eigenvalue weighted by molar-refractivity contribution is -0.114. The molecule has 0 bridgehead atoms. The molecule has 1 N–H and O–H groups in total. The van der Waals surface area contributed by atoms with Crippen LogP contribution in [0.5, 0.6) is 0 Å². The molecule has 0 aromatic carbocycles. The Labute approximate surface area is 148 Å². The Morgan fingerprint density at radius 1 is 1.14 bits per heavy atom. The van der Waals surface area contributed by atoms with Crippen molar-refractivity contribution in [2.24, 2.45) is 5.41 Å². The molecule has 0 rings (SSSR count). The molecule has 0 heterocycles. The van der Waals surface area contributed by atoms with E-state index in [0.29, 0.717) is 6.42 Å². The van der Waals surface area contributed by atoms with E-state index in [9.17, 15) is 4.79 Å². The highest BCUT2D eigenvalue weighted by molar-refractivity contribution is 14.1. The Kier molecular flexibility index (Phi) is 8.55. The summed E-state index contributed by atoms with van der Waals surface area (Å²) in [6.07, 6.45) is 1.27. The first-order valence-corrected chi connectivity index (χ1v) is 9.14. The van der Waals surface area contributed by atoms with Gasteiger partial charge < -0.3 is 4.74 Å². The molecule has 0 fully saturated rings. The lowest BCUT2D eigenvalue weighted by Crippen LogP contribution is -2.46. The molecule has 0 aliphatic heterocycles. The summed E-state index contributed by atoms with van der Waals surface area (Å²) in [6, 6.07) is 0. The van der Waals surface area contributed by atoms with Gasteiger partial charge in [0.2, 0.25) is 0 Å². The zero-order valence-electron chi connectivity index (χ0n) is 14.2. The summed E-state index contributed by atoms with van der Waals surface area (Å²) < 4.78 is 6.38. The van der Waals surface area contributed by atoms with Crippen LogP contribution in [-0.4, -0.2) is 27.0 Å². The van der Waals surface area contributed by atoms with Crippen molar-refractivity contribution >= 4 is 40.5 Å². The van der Waals surface area contributed by atoms with Crippen LogP contribution in [-0.2, 0) is 9.57 Å². The SMILES string of the molecule is CC(C)(CI)CC(CC(C)(C)NOC(C)(C)C)OC(=O)S. The van der Waals surface area contributed by atoms with Crippen LogP contribution >= 0.6 is 35.2 Å². The van der Waals surface area contributed by atoms with E-state index >= 15 is 0 Å². The molecule has 4 nitrogen and oxygen atoms in total. The number of hydrogen-bond donors (Lipinski definition) is 2. The average Bonchev–Trinajstić information content (AvgIpc) is 2.23. The first kappa shape index (κ1) is 21.5. The van der Waals surface area contributed by atoms with Crippen molar-refractivity contribution in [2.45, 2.75) is 78.6 Å². The smallest absolute Gasteiger partial charge is 0.364 e. The summed E-state index contributed by atoms with van der Waals surface area (Å²) in [5.74, 6) is 0. The number of hydrogen-bond acceptors (Lipinski definition) is 4. The van der Waals surface area contributed by atoms with E-state index < -0.39 is 5.30 Å². The first-order chi connectivity index (χ1) is 9.26. The van der Waals surface area contributed by atoms with Crippen molar-refractivity contribution in [1.29, 1.82) is 0 Å². The van der Waals surface area contributed by atoms with Crippen LogP contribution in [0.25, 0.3) is 0 Å². The lowest BCUT2D eigenvalue weighted by Gasteiger charge is -2.35. The third-order valence-corrected chi connectivity index (χ3v) is 4.95. The van der Waals surface area contributed by atoms with Crippen molar-refractivity contribution in [1.82, 2.24) is 5.48 Å². The third-order valence-electron chi connectivity index (χ3n) is 2.78. The van der Waals surface area contributed by atoms with E-state index in [1.807, 2.05) is 34.6 Å². The van der Waals surface area contributed by atoms with Gasteiger partial charge in [-0.3, -0.25) is 4.84 Å². The van der Waals surface area contributed by atoms with Gasteiger partial charge in [-0.25, -0.2) is 4.79 Å². The third kappa shape index (κ3) is 11.7. The number of carbonyl (C=O) groups excluding carboxylic acids is 1. The standard InChI is InChI=1S/C15H30INO3S/c1-13(2,3)20-17-15(6,7)9-11(19-12(18)21)8-14(4,5)10-16/h11,17H,8-10H2,1-7H3,(H,18,21). The molecule has 1 unspecified atom stereocenters. The van der Waals surface area contributed by atoms with Gasteiger partial charge in [-0.1, -0.05) is 49.1 Å². The molecule has 0 saturated heterocycles. The molecule has 0 saturated carbocycles. The Morgan fingerprint density at radius 2 is 1.67 bits per heavy atom. The number of carbonyl (C=O) groups is 1. The van der Waals surface area contributed by atoms with Crippen LogP contribution in [0.15, 0.2) is 0 Å². The molecule has 0 aromatic rings. The molecule has 0 radical (unpaired) electrons. The van der Waals surface area contributed by atoms with E-state index in [2.05, 4.69) is 54.5 Å². The second-order valence-electron chi connectivity index (χ2n) is 7.91. The maximum absolute atomic E-state index is 11.2. The van der Waals surface area contributed by atoms with Gasteiger partial charge in [-0.2, -0.15) is 5.48 Å². The van der Waals surface area contributed by atoms with E-state index in [0.717, 1.165) is 10.8 Å². The van der Waals surface area contributed by atoms with Crippen molar-refractivity contribution in [3.63, 3.8) is 0 Å². The van der Waals surface area contributed by atoms with Gasteiger partial charge in [0, 0.05) is 16.4 Å². The Bertz CT molecular complexity index is 340. The van der Waals surface area contributed by atoms with E-state index in [1.165, 1.54) is 0 Å². The minimum Gasteiger partial charge on any atom is -0.454 e. The first-order valence-electron chi connectivity index (χ1n) is 7.17. The number of hydroxylamine groups is 1. The summed E-state index contributed by atoms with van der Waals surface area (Å²) >= 11 is 6.11. The molecular weight excluding hydrogens is 401 g/mol. The highest BCUT2D eigenvalue weighted by Gasteiger charge is 2.31. The maximum Gasteiger partial charge on any atom is 0.364 e. The second kappa shape index (κ2) is 8.36. The summed E-state index contributed by atoms with van der Waals surface area (Å²) in [5, 5.41) is -0.531. The molecule has 21 heavy (non-hydrogen) atoms. The zero-order chi connectivity index (χ0) is 16.9. The summed E-state index contributed by atoms with van der Waals surface area (Å²) in [7, 11) is 0. The predicted molar refractivity (Wildman–Crippen MR) is 99.2 cm³/mol. The van der Waals surface area contributed by atoms with E-state index in [1.54, 1.807) is 0 Å². The van der Waals surface area contributed by atoms with Crippen LogP contribution in [0.3, 0.4) is 0 Å². The summed E-state index contributed by atoms with van der Waals surface area (Å²) in [6.45, 7) is 14.4. The highest BCUT2D eigenvalue weighted by Crippen LogP contribution is 2.30. The van der Waals surface area contributed by atoms with Gasteiger partial charge in [-0.05, 0) is 46.5 Å². The van der Waals surface area contributed by atoms with Crippen LogP contribution in [0.2, 0.25) is 0 Å². The predicted octanol–water partition coefficient (Wildman–Crippen LogP) is 4.76. The molecule has 0 spiro atoms. The topological polar surface area (TPSA) is 47.6 Å². The van der Waals surface area contributed by atoms with Crippen LogP contribution < -0.4 is 5.48 Å². The number of rotatable bonds is 8. The second-order valence-corrected chi connectivity index (χ2v) is 9.04.